The average Bonchev–Trinajstić information content (AvgIpc) is 2.73. The lowest BCUT2D eigenvalue weighted by Crippen LogP contribution is -1.81. The maximum Gasteiger partial charge on any atom is 0.265 e. The van der Waals surface area contributed by atoms with Crippen molar-refractivity contribution < 1.29 is 13.7 Å². The SMILES string of the molecule is [2H]c1c([2H])c([2H])c(-c2cc(SC)[s+]c(-c3c([2H])c([2H])c([2H])c([2H])c3[2H])c2)c([2H])c1[2H]. The van der Waals surface area contributed by atoms with Gasteiger partial charge in [-0.1, -0.05) is 60.1 Å². The highest BCUT2D eigenvalue weighted by Crippen LogP contribution is 2.35. The maximum absolute atomic E-state index is 8.22. The van der Waals surface area contributed by atoms with Gasteiger partial charge in [-0.05, 0) is 29.5 Å². The molecule has 0 spiro atoms. The van der Waals surface area contributed by atoms with Crippen LogP contribution >= 0.6 is 23.1 Å². The molecule has 3 aromatic rings. The number of benzene rings is 2. The van der Waals surface area contributed by atoms with Gasteiger partial charge in [0.05, 0.1) is 13.7 Å². The highest BCUT2D eigenvalue weighted by molar-refractivity contribution is 8.00. The zero-order valence-electron chi connectivity index (χ0n) is 20.5. The number of rotatable bonds is 3. The molecule has 0 amide bonds. The number of thioether (sulfide) groups is 1. The van der Waals surface area contributed by atoms with Gasteiger partial charge in [0, 0.05) is 17.7 Å². The smallest absolute Gasteiger partial charge is 0.0680 e. The molecule has 0 fully saturated rings. The van der Waals surface area contributed by atoms with Crippen LogP contribution in [0.3, 0.4) is 0 Å². The van der Waals surface area contributed by atoms with E-state index in [0.29, 0.717) is 14.6 Å². The third kappa shape index (κ3) is 2.92. The summed E-state index contributed by atoms with van der Waals surface area (Å²) >= 11 is 2.55. The molecule has 20 heavy (non-hydrogen) atoms. The summed E-state index contributed by atoms with van der Waals surface area (Å²) in [6, 6.07) is -1.11. The van der Waals surface area contributed by atoms with Crippen LogP contribution in [0.1, 0.15) is 13.7 Å². The number of hydrogen-bond donors (Lipinski definition) is 0. The van der Waals surface area contributed by atoms with E-state index in [2.05, 4.69) is 0 Å². The van der Waals surface area contributed by atoms with Crippen molar-refractivity contribution in [3.63, 3.8) is 0 Å². The van der Waals surface area contributed by atoms with E-state index in [-0.39, 0.29) is 35.3 Å². The minimum Gasteiger partial charge on any atom is -0.0680 e. The van der Waals surface area contributed by atoms with Gasteiger partial charge in [0.15, 0.2) is 0 Å². The Labute approximate surface area is 142 Å². The van der Waals surface area contributed by atoms with Crippen LogP contribution in [0.2, 0.25) is 0 Å². The lowest BCUT2D eigenvalue weighted by Gasteiger charge is -2.01. The summed E-state index contributed by atoms with van der Waals surface area (Å²) in [4.78, 5) is 0.348. The fourth-order valence-corrected chi connectivity index (χ4v) is 3.25. The van der Waals surface area contributed by atoms with Crippen LogP contribution < -0.4 is 0 Å². The summed E-state index contributed by atoms with van der Waals surface area (Å²) in [5, 5.41) is 0. The maximum atomic E-state index is 8.22. The van der Waals surface area contributed by atoms with E-state index in [0.717, 1.165) is 0 Å². The van der Waals surface area contributed by atoms with Crippen molar-refractivity contribution in [2.45, 2.75) is 4.21 Å². The van der Waals surface area contributed by atoms with Gasteiger partial charge in [0.2, 0.25) is 16.2 Å². The van der Waals surface area contributed by atoms with E-state index in [4.69, 9.17) is 13.7 Å². The molecule has 3 rings (SSSR count). The van der Waals surface area contributed by atoms with Crippen molar-refractivity contribution in [3.05, 3.63) is 72.6 Å². The van der Waals surface area contributed by atoms with Crippen LogP contribution in [0.15, 0.2) is 76.8 Å². The van der Waals surface area contributed by atoms with Gasteiger partial charge >= 0.3 is 0 Å². The molecule has 0 atom stereocenters. The topological polar surface area (TPSA) is 0 Å². The Morgan fingerprint density at radius 3 is 2.00 bits per heavy atom. The Bertz CT molecular complexity index is 1050. The second-order valence-electron chi connectivity index (χ2n) is 3.73. The minimum absolute atomic E-state index is 0.00211. The molecule has 0 saturated carbocycles. The molecule has 98 valence electrons. The monoisotopic (exact) mass is 305 g/mol. The first-order valence-corrected chi connectivity index (χ1v) is 7.72. The van der Waals surface area contributed by atoms with E-state index >= 15 is 0 Å². The zero-order valence-corrected chi connectivity index (χ0v) is 12.1. The van der Waals surface area contributed by atoms with Crippen molar-refractivity contribution >= 4 is 23.1 Å². The van der Waals surface area contributed by atoms with Crippen molar-refractivity contribution in [1.29, 1.82) is 0 Å². The molecule has 0 saturated heterocycles. The van der Waals surface area contributed by atoms with E-state index in [9.17, 15) is 0 Å². The summed E-state index contributed by atoms with van der Waals surface area (Å²) in [7, 11) is 0. The molecule has 0 aliphatic heterocycles. The van der Waals surface area contributed by atoms with Gasteiger partial charge in [-0.25, -0.2) is 0 Å². The first-order chi connectivity index (χ1) is 14.0. The second kappa shape index (κ2) is 6.21. The standard InChI is InChI=1S/C18H15S2/c1-19-18-13-16(14-8-4-2-5-9-14)12-17(20-18)15-10-6-3-7-11-15/h2-13H,1H3/q+1/i2D,3D,4D,5D,6D,7D,8D,9D,10D,11D. The molecule has 2 aromatic carbocycles. The molecule has 0 N–H and O–H groups in total. The summed E-state index contributed by atoms with van der Waals surface area (Å²) < 4.78 is 80.8. The fourth-order valence-electron chi connectivity index (χ4n) is 1.61. The molecule has 0 bridgehead atoms. The van der Waals surface area contributed by atoms with Crippen LogP contribution in [-0.2, 0) is 0 Å². The minimum atomic E-state index is -0.497. The van der Waals surface area contributed by atoms with Crippen LogP contribution in [-0.4, -0.2) is 6.26 Å². The lowest BCUT2D eigenvalue weighted by molar-refractivity contribution is 1.59. The molecular formula is C18H15S2+. The fraction of sp³-hybridized carbons (Fsp3) is 0.0556. The van der Waals surface area contributed by atoms with Crippen LogP contribution in [0, 0.1) is 0 Å². The quantitative estimate of drug-likeness (QED) is 0.417. The third-order valence-corrected chi connectivity index (χ3v) is 4.64. The van der Waals surface area contributed by atoms with Gasteiger partial charge < -0.3 is 0 Å². The van der Waals surface area contributed by atoms with Gasteiger partial charge in [0.25, 0.3) is 4.21 Å². The molecule has 0 unspecified atom stereocenters. The van der Waals surface area contributed by atoms with E-state index in [1.54, 1.807) is 12.3 Å². The Morgan fingerprint density at radius 2 is 1.40 bits per heavy atom. The molecule has 2 heteroatoms. The normalized spacial score (nSPS) is 17.4. The van der Waals surface area contributed by atoms with Crippen molar-refractivity contribution in [1.82, 2.24) is 0 Å². The molecule has 1 aromatic heterocycles. The van der Waals surface area contributed by atoms with Crippen LogP contribution in [0.5, 0.6) is 0 Å². The number of hydrogen-bond acceptors (Lipinski definition) is 1. The van der Waals surface area contributed by atoms with E-state index < -0.39 is 36.3 Å². The Hall–Kier alpha value is -1.64. The Morgan fingerprint density at radius 1 is 0.800 bits per heavy atom. The largest absolute Gasteiger partial charge is 0.265 e. The highest BCUT2D eigenvalue weighted by atomic mass is 32.2. The average molecular weight is 306 g/mol. The van der Waals surface area contributed by atoms with Crippen LogP contribution in [0.25, 0.3) is 21.6 Å². The van der Waals surface area contributed by atoms with Crippen molar-refractivity contribution in [3.8, 4) is 21.6 Å². The van der Waals surface area contributed by atoms with Gasteiger partial charge in [-0.15, -0.1) is 0 Å². The van der Waals surface area contributed by atoms with Gasteiger partial charge in [-0.3, -0.25) is 0 Å². The lowest BCUT2D eigenvalue weighted by atomic mass is 10.1. The summed E-state index contributed by atoms with van der Waals surface area (Å²) in [6.07, 6.45) is 1.79. The first kappa shape index (κ1) is 6.00. The van der Waals surface area contributed by atoms with Crippen molar-refractivity contribution in [2.75, 3.05) is 6.26 Å². The van der Waals surface area contributed by atoms with Crippen molar-refractivity contribution in [2.24, 2.45) is 0 Å². The molecule has 0 aliphatic rings. The summed E-state index contributed by atoms with van der Waals surface area (Å²) in [5.41, 5.74) is 0.324. The molecule has 1 heterocycles. The van der Waals surface area contributed by atoms with Gasteiger partial charge in [-0.2, -0.15) is 0 Å². The van der Waals surface area contributed by atoms with E-state index in [1.807, 2.05) is 0 Å². The predicted molar refractivity (Wildman–Crippen MR) is 91.4 cm³/mol. The molecular weight excluding hydrogens is 280 g/mol. The third-order valence-electron chi connectivity index (χ3n) is 2.51. The Kier molecular flexibility index (Phi) is 1.86. The van der Waals surface area contributed by atoms with Gasteiger partial charge in [0.1, 0.15) is 0 Å². The zero-order chi connectivity index (χ0) is 22.5. The first-order valence-electron chi connectivity index (χ1n) is 10.7. The summed E-state index contributed by atoms with van der Waals surface area (Å²) in [6.45, 7) is 0. The highest BCUT2D eigenvalue weighted by Gasteiger charge is 2.16. The Balaban J connectivity index is 2.40. The second-order valence-corrected chi connectivity index (χ2v) is 5.92. The predicted octanol–water partition coefficient (Wildman–Crippen LogP) is 6.09. The molecule has 0 radical (unpaired) electrons. The van der Waals surface area contributed by atoms with Crippen LogP contribution in [0.4, 0.5) is 0 Å². The summed E-state index contributed by atoms with van der Waals surface area (Å²) in [5.74, 6) is 0. The molecule has 0 aliphatic carbocycles. The van der Waals surface area contributed by atoms with E-state index in [1.165, 1.54) is 29.2 Å². The molecule has 0 nitrogen and oxygen atoms in total.